The number of H-pyrrole nitrogens is 1. The Kier molecular flexibility index (Phi) is 5.61. The summed E-state index contributed by atoms with van der Waals surface area (Å²) in [5, 5.41) is 0. The molecule has 0 radical (unpaired) electrons. The molecule has 0 aliphatic rings. The molecule has 0 fully saturated rings. The van der Waals surface area contributed by atoms with Gasteiger partial charge in [0, 0.05) is 12.3 Å². The molecule has 0 aromatic carbocycles. The Hall–Kier alpha value is -2.20. The van der Waals surface area contributed by atoms with Crippen molar-refractivity contribution in [3.05, 3.63) is 28.7 Å². The molecule has 21 heavy (non-hydrogen) atoms. The molecule has 116 valence electrons. The number of ether oxygens (including phenoxy) is 2. The van der Waals surface area contributed by atoms with Crippen LogP contribution in [0.5, 0.6) is 0 Å². The lowest BCUT2D eigenvalue weighted by Crippen LogP contribution is -2.40. The van der Waals surface area contributed by atoms with E-state index >= 15 is 0 Å². The second kappa shape index (κ2) is 6.99. The molecule has 1 rings (SSSR count). The minimum absolute atomic E-state index is 0.269. The number of sulfonamides is 1. The number of aromatic amines is 1. The van der Waals surface area contributed by atoms with Crippen LogP contribution in [0.25, 0.3) is 0 Å². The van der Waals surface area contributed by atoms with Gasteiger partial charge in [0.05, 0.1) is 19.1 Å². The van der Waals surface area contributed by atoms with Gasteiger partial charge in [0.15, 0.2) is 0 Å². The summed E-state index contributed by atoms with van der Waals surface area (Å²) >= 11 is 0. The maximum absolute atomic E-state index is 12.3. The molecule has 0 aliphatic heterocycles. The summed E-state index contributed by atoms with van der Waals surface area (Å²) < 4.78 is 34.0. The van der Waals surface area contributed by atoms with E-state index in [1.54, 1.807) is 0 Å². The number of hydrogen-bond donors (Lipinski definition) is 1. The van der Waals surface area contributed by atoms with Crippen LogP contribution in [0.2, 0.25) is 0 Å². The number of nitrogens with zero attached hydrogens (tertiary/aromatic N) is 1. The molecule has 9 nitrogen and oxygen atoms in total. The zero-order valence-corrected chi connectivity index (χ0v) is 12.2. The fourth-order valence-corrected chi connectivity index (χ4v) is 2.65. The van der Waals surface area contributed by atoms with Crippen molar-refractivity contribution in [3.8, 4) is 0 Å². The van der Waals surface area contributed by atoms with Gasteiger partial charge >= 0.3 is 11.9 Å². The molecule has 1 N–H and O–H groups in total. The van der Waals surface area contributed by atoms with E-state index in [1.807, 2.05) is 0 Å². The van der Waals surface area contributed by atoms with E-state index in [1.165, 1.54) is 0 Å². The second-order valence-corrected chi connectivity index (χ2v) is 5.75. The van der Waals surface area contributed by atoms with Crippen LogP contribution >= 0.6 is 0 Å². The Morgan fingerprint density at radius 1 is 1.14 bits per heavy atom. The largest absolute Gasteiger partial charge is 0.468 e. The highest BCUT2D eigenvalue weighted by molar-refractivity contribution is 7.89. The standard InChI is InChI=1S/C11H14N2O7S/c1-19-10(15)6-13(7-11(16)20-2)21(17,18)8-3-4-9(14)12-5-8/h3-5H,6-7H2,1-2H3,(H,12,14). The van der Waals surface area contributed by atoms with Crippen LogP contribution in [0.1, 0.15) is 0 Å². The van der Waals surface area contributed by atoms with Crippen molar-refractivity contribution in [2.75, 3.05) is 27.3 Å². The summed E-state index contributed by atoms with van der Waals surface area (Å²) in [6.45, 7) is -1.32. The van der Waals surface area contributed by atoms with Gasteiger partial charge in [0.25, 0.3) is 0 Å². The van der Waals surface area contributed by atoms with Gasteiger partial charge in [-0.15, -0.1) is 0 Å². The predicted molar refractivity (Wildman–Crippen MR) is 69.9 cm³/mol. The zero-order chi connectivity index (χ0) is 16.0. The molecule has 0 saturated heterocycles. The van der Waals surface area contributed by atoms with Crippen molar-refractivity contribution >= 4 is 22.0 Å². The Balaban J connectivity index is 3.15. The quantitative estimate of drug-likeness (QED) is 0.647. The minimum Gasteiger partial charge on any atom is -0.468 e. The van der Waals surface area contributed by atoms with Gasteiger partial charge in [-0.2, -0.15) is 4.31 Å². The minimum atomic E-state index is -4.17. The molecule has 0 amide bonds. The van der Waals surface area contributed by atoms with Crippen LogP contribution in [0, 0.1) is 0 Å². The van der Waals surface area contributed by atoms with Gasteiger partial charge in [-0.05, 0) is 6.07 Å². The first-order valence-corrected chi connectivity index (χ1v) is 7.07. The number of aromatic nitrogens is 1. The van der Waals surface area contributed by atoms with Crippen LogP contribution in [0.3, 0.4) is 0 Å². The lowest BCUT2D eigenvalue weighted by Gasteiger charge is -2.19. The van der Waals surface area contributed by atoms with Crippen LogP contribution in [0.15, 0.2) is 28.0 Å². The highest BCUT2D eigenvalue weighted by Crippen LogP contribution is 2.13. The van der Waals surface area contributed by atoms with Crippen LogP contribution in [0.4, 0.5) is 0 Å². The average Bonchev–Trinajstić information content (AvgIpc) is 2.46. The predicted octanol–water partition coefficient (Wildman–Crippen LogP) is -1.29. The van der Waals surface area contributed by atoms with Crippen molar-refractivity contribution in [1.29, 1.82) is 0 Å². The number of esters is 2. The summed E-state index contributed by atoms with van der Waals surface area (Å²) in [5.41, 5.74) is -0.485. The van der Waals surface area contributed by atoms with E-state index in [-0.39, 0.29) is 4.90 Å². The molecule has 0 atom stereocenters. The monoisotopic (exact) mass is 318 g/mol. The maximum atomic E-state index is 12.3. The van der Waals surface area contributed by atoms with E-state index < -0.39 is 40.6 Å². The van der Waals surface area contributed by atoms with Crippen molar-refractivity contribution < 1.29 is 27.5 Å². The first-order valence-electron chi connectivity index (χ1n) is 5.63. The molecular weight excluding hydrogens is 304 g/mol. The van der Waals surface area contributed by atoms with Crippen molar-refractivity contribution in [1.82, 2.24) is 9.29 Å². The number of carbonyl (C=O) groups excluding carboxylic acids is 2. The number of carbonyl (C=O) groups is 2. The Morgan fingerprint density at radius 3 is 2.05 bits per heavy atom. The lowest BCUT2D eigenvalue weighted by atomic mass is 10.5. The van der Waals surface area contributed by atoms with Crippen LogP contribution < -0.4 is 5.56 Å². The number of pyridine rings is 1. The molecule has 0 unspecified atom stereocenters. The molecule has 0 aliphatic carbocycles. The van der Waals surface area contributed by atoms with Crippen molar-refractivity contribution in [2.24, 2.45) is 0 Å². The third-order valence-corrected chi connectivity index (χ3v) is 4.25. The Bertz CT molecular complexity index is 642. The highest BCUT2D eigenvalue weighted by atomic mass is 32.2. The highest BCUT2D eigenvalue weighted by Gasteiger charge is 2.29. The SMILES string of the molecule is COC(=O)CN(CC(=O)OC)S(=O)(=O)c1ccc(=O)[nH]c1. The van der Waals surface area contributed by atoms with Gasteiger partial charge in [0.1, 0.15) is 13.1 Å². The maximum Gasteiger partial charge on any atom is 0.321 e. The first-order chi connectivity index (χ1) is 9.81. The number of hydrogen-bond acceptors (Lipinski definition) is 7. The fraction of sp³-hybridized carbons (Fsp3) is 0.364. The summed E-state index contributed by atoms with van der Waals surface area (Å²) in [7, 11) is -1.99. The molecule has 0 spiro atoms. The van der Waals surface area contributed by atoms with E-state index in [0.29, 0.717) is 4.31 Å². The average molecular weight is 318 g/mol. The summed E-state index contributed by atoms with van der Waals surface area (Å²) in [6, 6.07) is 2.08. The van der Waals surface area contributed by atoms with Gasteiger partial charge in [-0.3, -0.25) is 14.4 Å². The summed E-state index contributed by atoms with van der Waals surface area (Å²) in [4.78, 5) is 35.5. The van der Waals surface area contributed by atoms with E-state index in [4.69, 9.17) is 0 Å². The fourth-order valence-electron chi connectivity index (χ4n) is 1.35. The smallest absolute Gasteiger partial charge is 0.321 e. The number of methoxy groups -OCH3 is 2. The molecule has 1 aromatic rings. The van der Waals surface area contributed by atoms with Crippen LogP contribution in [-0.4, -0.2) is 57.0 Å². The van der Waals surface area contributed by atoms with Crippen LogP contribution in [-0.2, 0) is 29.1 Å². The van der Waals surface area contributed by atoms with Gasteiger partial charge < -0.3 is 14.5 Å². The molecule has 10 heteroatoms. The van der Waals surface area contributed by atoms with Crippen molar-refractivity contribution in [3.63, 3.8) is 0 Å². The second-order valence-electron chi connectivity index (χ2n) is 3.81. The third kappa shape index (κ3) is 4.39. The van der Waals surface area contributed by atoms with Gasteiger partial charge in [0.2, 0.25) is 15.6 Å². The summed E-state index contributed by atoms with van der Waals surface area (Å²) in [6.07, 6.45) is 0.971. The first kappa shape index (κ1) is 16.9. The molecule has 0 bridgehead atoms. The molecule has 1 aromatic heterocycles. The molecule has 1 heterocycles. The third-order valence-electron chi connectivity index (χ3n) is 2.46. The van der Waals surface area contributed by atoms with E-state index in [0.717, 1.165) is 32.5 Å². The normalized spacial score (nSPS) is 11.2. The summed E-state index contributed by atoms with van der Waals surface area (Å²) in [5.74, 6) is -1.68. The van der Waals surface area contributed by atoms with Gasteiger partial charge in [-0.25, -0.2) is 8.42 Å². The zero-order valence-electron chi connectivity index (χ0n) is 11.4. The van der Waals surface area contributed by atoms with E-state index in [9.17, 15) is 22.8 Å². The molecule has 0 saturated carbocycles. The van der Waals surface area contributed by atoms with Gasteiger partial charge in [-0.1, -0.05) is 0 Å². The lowest BCUT2D eigenvalue weighted by molar-refractivity contribution is -0.143. The topological polar surface area (TPSA) is 123 Å². The number of nitrogens with one attached hydrogen (secondary N) is 1. The Labute approximate surface area is 120 Å². The van der Waals surface area contributed by atoms with Crippen molar-refractivity contribution in [2.45, 2.75) is 4.90 Å². The van der Waals surface area contributed by atoms with E-state index in [2.05, 4.69) is 14.5 Å². The Morgan fingerprint density at radius 2 is 1.67 bits per heavy atom. The molecular formula is C11H14N2O7S. The number of rotatable bonds is 6.